The Hall–Kier alpha value is -1.64. The Kier molecular flexibility index (Phi) is 4.88. The maximum Gasteiger partial charge on any atom is 0.306 e. The van der Waals surface area contributed by atoms with Crippen LogP contribution in [0.4, 0.5) is 4.39 Å². The second-order valence-corrected chi connectivity index (χ2v) is 4.36. The SMILES string of the molecule is C=C(C)CCC(Cc1ccc(F)cc1)C(=O)O. The monoisotopic (exact) mass is 236 g/mol. The number of aliphatic carboxylic acids is 1. The summed E-state index contributed by atoms with van der Waals surface area (Å²) in [5.41, 5.74) is 1.83. The summed E-state index contributed by atoms with van der Waals surface area (Å²) in [5, 5.41) is 9.10. The van der Waals surface area contributed by atoms with Gasteiger partial charge in [0.2, 0.25) is 0 Å². The van der Waals surface area contributed by atoms with E-state index in [0.717, 1.165) is 11.1 Å². The minimum atomic E-state index is -0.810. The van der Waals surface area contributed by atoms with E-state index in [1.807, 2.05) is 6.92 Å². The molecule has 0 aliphatic heterocycles. The second-order valence-electron chi connectivity index (χ2n) is 4.36. The minimum absolute atomic E-state index is 0.303. The third-order valence-corrected chi connectivity index (χ3v) is 2.66. The Bertz CT molecular complexity index is 395. The summed E-state index contributed by atoms with van der Waals surface area (Å²) in [7, 11) is 0. The maximum atomic E-state index is 12.7. The van der Waals surface area contributed by atoms with Gasteiger partial charge in [0.05, 0.1) is 5.92 Å². The molecule has 17 heavy (non-hydrogen) atoms. The average molecular weight is 236 g/mol. The van der Waals surface area contributed by atoms with Crippen LogP contribution in [0.3, 0.4) is 0 Å². The highest BCUT2D eigenvalue weighted by atomic mass is 19.1. The van der Waals surface area contributed by atoms with Crippen molar-refractivity contribution in [3.05, 3.63) is 47.8 Å². The Labute approximate surface area is 101 Å². The van der Waals surface area contributed by atoms with Crippen molar-refractivity contribution in [2.24, 2.45) is 5.92 Å². The zero-order valence-corrected chi connectivity index (χ0v) is 9.95. The predicted molar refractivity (Wildman–Crippen MR) is 65.3 cm³/mol. The fraction of sp³-hybridized carbons (Fsp3) is 0.357. The quantitative estimate of drug-likeness (QED) is 0.768. The lowest BCUT2D eigenvalue weighted by atomic mass is 9.93. The van der Waals surface area contributed by atoms with Crippen LogP contribution in [0.5, 0.6) is 0 Å². The zero-order valence-electron chi connectivity index (χ0n) is 9.95. The molecule has 92 valence electrons. The molecule has 1 atom stereocenters. The van der Waals surface area contributed by atoms with Gasteiger partial charge >= 0.3 is 5.97 Å². The van der Waals surface area contributed by atoms with E-state index in [2.05, 4.69) is 6.58 Å². The fourth-order valence-electron chi connectivity index (χ4n) is 1.64. The Balaban J connectivity index is 2.63. The number of hydrogen-bond acceptors (Lipinski definition) is 1. The number of carboxylic acids is 1. The number of halogens is 1. The first-order valence-electron chi connectivity index (χ1n) is 5.60. The summed E-state index contributed by atoms with van der Waals surface area (Å²) in [6.45, 7) is 5.65. The smallest absolute Gasteiger partial charge is 0.306 e. The normalized spacial score (nSPS) is 12.1. The van der Waals surface area contributed by atoms with E-state index >= 15 is 0 Å². The highest BCUT2D eigenvalue weighted by Gasteiger charge is 2.17. The summed E-state index contributed by atoms with van der Waals surface area (Å²) < 4.78 is 12.7. The number of hydrogen-bond donors (Lipinski definition) is 1. The van der Waals surface area contributed by atoms with Crippen LogP contribution in [0.2, 0.25) is 0 Å². The lowest BCUT2D eigenvalue weighted by molar-refractivity contribution is -0.141. The summed E-state index contributed by atoms with van der Waals surface area (Å²) >= 11 is 0. The molecule has 0 saturated heterocycles. The van der Waals surface area contributed by atoms with Crippen LogP contribution in [0.1, 0.15) is 25.3 Å². The van der Waals surface area contributed by atoms with Crippen molar-refractivity contribution in [2.75, 3.05) is 0 Å². The largest absolute Gasteiger partial charge is 0.481 e. The van der Waals surface area contributed by atoms with Crippen LogP contribution in [0.15, 0.2) is 36.4 Å². The van der Waals surface area contributed by atoms with Crippen LogP contribution in [0.25, 0.3) is 0 Å². The first-order chi connectivity index (χ1) is 7.99. The summed E-state index contributed by atoms with van der Waals surface area (Å²) in [5.74, 6) is -1.55. The van der Waals surface area contributed by atoms with Crippen molar-refractivity contribution in [2.45, 2.75) is 26.2 Å². The summed E-state index contributed by atoms with van der Waals surface area (Å²) in [4.78, 5) is 11.1. The van der Waals surface area contributed by atoms with E-state index in [4.69, 9.17) is 5.11 Å². The molecule has 0 aliphatic carbocycles. The van der Waals surface area contributed by atoms with Crippen molar-refractivity contribution in [3.63, 3.8) is 0 Å². The molecule has 1 rings (SSSR count). The molecule has 3 heteroatoms. The van der Waals surface area contributed by atoms with Gasteiger partial charge in [0, 0.05) is 0 Å². The lowest BCUT2D eigenvalue weighted by Gasteiger charge is -2.12. The van der Waals surface area contributed by atoms with Crippen LogP contribution in [0, 0.1) is 11.7 Å². The molecular weight excluding hydrogens is 219 g/mol. The molecule has 1 aromatic carbocycles. The van der Waals surface area contributed by atoms with E-state index < -0.39 is 11.9 Å². The summed E-state index contributed by atoms with van der Waals surface area (Å²) in [6, 6.07) is 5.97. The molecule has 0 spiro atoms. The number of benzene rings is 1. The van der Waals surface area contributed by atoms with Gasteiger partial charge < -0.3 is 5.11 Å². The number of carboxylic acid groups (broad SMARTS) is 1. The first kappa shape index (κ1) is 13.4. The minimum Gasteiger partial charge on any atom is -0.481 e. The van der Waals surface area contributed by atoms with Gasteiger partial charge in [-0.15, -0.1) is 6.58 Å². The molecule has 0 bridgehead atoms. The van der Waals surface area contributed by atoms with Gasteiger partial charge in [-0.25, -0.2) is 4.39 Å². The third kappa shape index (κ3) is 4.81. The average Bonchev–Trinajstić information content (AvgIpc) is 2.26. The number of allylic oxidation sites excluding steroid dienone is 1. The van der Waals surface area contributed by atoms with Gasteiger partial charge in [-0.3, -0.25) is 4.79 Å². The molecule has 0 aromatic heterocycles. The van der Waals surface area contributed by atoms with Gasteiger partial charge in [0.15, 0.2) is 0 Å². The lowest BCUT2D eigenvalue weighted by Crippen LogP contribution is -2.16. The van der Waals surface area contributed by atoms with Gasteiger partial charge in [-0.1, -0.05) is 17.7 Å². The summed E-state index contributed by atoms with van der Waals surface area (Å²) in [6.07, 6.45) is 1.71. The molecule has 2 nitrogen and oxygen atoms in total. The Morgan fingerprint density at radius 1 is 1.41 bits per heavy atom. The highest BCUT2D eigenvalue weighted by molar-refractivity contribution is 5.70. The number of rotatable bonds is 6. The second kappa shape index (κ2) is 6.18. The maximum absolute atomic E-state index is 12.7. The molecule has 0 heterocycles. The van der Waals surface area contributed by atoms with Crippen molar-refractivity contribution in [1.29, 1.82) is 0 Å². The molecule has 0 saturated carbocycles. The highest BCUT2D eigenvalue weighted by Crippen LogP contribution is 2.17. The van der Waals surface area contributed by atoms with E-state index in [0.29, 0.717) is 19.3 Å². The topological polar surface area (TPSA) is 37.3 Å². The van der Waals surface area contributed by atoms with Crippen LogP contribution >= 0.6 is 0 Å². The van der Waals surface area contributed by atoms with Crippen molar-refractivity contribution >= 4 is 5.97 Å². The zero-order chi connectivity index (χ0) is 12.8. The van der Waals surface area contributed by atoms with E-state index in [1.54, 1.807) is 12.1 Å². The first-order valence-corrected chi connectivity index (χ1v) is 5.60. The standard InChI is InChI=1S/C14H17FO2/c1-10(2)3-6-12(14(16)17)9-11-4-7-13(15)8-5-11/h4-5,7-8,12H,1,3,6,9H2,2H3,(H,16,17). The molecule has 0 aliphatic rings. The predicted octanol–water partition coefficient (Wildman–Crippen LogP) is 3.43. The van der Waals surface area contributed by atoms with E-state index in [1.165, 1.54) is 12.1 Å². The molecule has 1 aromatic rings. The van der Waals surface area contributed by atoms with Gasteiger partial charge in [0.1, 0.15) is 5.82 Å². The Morgan fingerprint density at radius 2 is 2.00 bits per heavy atom. The fourth-order valence-corrected chi connectivity index (χ4v) is 1.64. The molecule has 0 fully saturated rings. The number of carbonyl (C=O) groups is 1. The van der Waals surface area contributed by atoms with Crippen molar-refractivity contribution < 1.29 is 14.3 Å². The molecular formula is C14H17FO2. The van der Waals surface area contributed by atoms with Crippen molar-refractivity contribution in [3.8, 4) is 0 Å². The van der Waals surface area contributed by atoms with Crippen LogP contribution in [-0.4, -0.2) is 11.1 Å². The van der Waals surface area contributed by atoms with Crippen molar-refractivity contribution in [1.82, 2.24) is 0 Å². The molecule has 0 radical (unpaired) electrons. The van der Waals surface area contributed by atoms with Crippen LogP contribution < -0.4 is 0 Å². The Morgan fingerprint density at radius 3 is 2.47 bits per heavy atom. The van der Waals surface area contributed by atoms with Gasteiger partial charge in [-0.05, 0) is 43.9 Å². The molecule has 1 unspecified atom stereocenters. The van der Waals surface area contributed by atoms with Gasteiger partial charge in [-0.2, -0.15) is 0 Å². The molecule has 0 amide bonds. The third-order valence-electron chi connectivity index (χ3n) is 2.66. The van der Waals surface area contributed by atoms with Crippen LogP contribution in [-0.2, 0) is 11.2 Å². The molecule has 1 N–H and O–H groups in total. The van der Waals surface area contributed by atoms with E-state index in [-0.39, 0.29) is 5.82 Å². The van der Waals surface area contributed by atoms with Gasteiger partial charge in [0.25, 0.3) is 0 Å². The van der Waals surface area contributed by atoms with E-state index in [9.17, 15) is 9.18 Å².